The van der Waals surface area contributed by atoms with E-state index in [1.54, 1.807) is 6.08 Å². The SMILES string of the molecule is C=CC(OC1=CCCC1)OC1=CCCC1. The minimum Gasteiger partial charge on any atom is -0.456 e. The summed E-state index contributed by atoms with van der Waals surface area (Å²) in [6, 6.07) is 0. The summed E-state index contributed by atoms with van der Waals surface area (Å²) < 4.78 is 11.4. The molecule has 15 heavy (non-hydrogen) atoms. The van der Waals surface area contributed by atoms with Gasteiger partial charge in [0.15, 0.2) is 0 Å². The molecule has 0 aliphatic heterocycles. The summed E-state index contributed by atoms with van der Waals surface area (Å²) in [4.78, 5) is 0. The van der Waals surface area contributed by atoms with Crippen LogP contribution in [0.5, 0.6) is 0 Å². The van der Waals surface area contributed by atoms with Crippen LogP contribution in [-0.2, 0) is 9.47 Å². The first-order valence-electron chi connectivity index (χ1n) is 5.72. The van der Waals surface area contributed by atoms with Crippen LogP contribution in [0.2, 0.25) is 0 Å². The summed E-state index contributed by atoms with van der Waals surface area (Å²) in [5.74, 6) is 2.11. The van der Waals surface area contributed by atoms with Crippen LogP contribution in [0.4, 0.5) is 0 Å². The Hall–Kier alpha value is -1.18. The molecule has 82 valence electrons. The maximum atomic E-state index is 5.70. The molecule has 0 saturated heterocycles. The van der Waals surface area contributed by atoms with Crippen LogP contribution in [0.1, 0.15) is 38.5 Å². The molecule has 0 heterocycles. The van der Waals surface area contributed by atoms with E-state index in [9.17, 15) is 0 Å². The van der Waals surface area contributed by atoms with Crippen LogP contribution in [0.25, 0.3) is 0 Å². The number of hydrogen-bond acceptors (Lipinski definition) is 2. The highest BCUT2D eigenvalue weighted by Gasteiger charge is 2.15. The lowest BCUT2D eigenvalue weighted by Gasteiger charge is -2.18. The molecule has 2 heteroatoms. The molecular weight excluding hydrogens is 188 g/mol. The van der Waals surface area contributed by atoms with E-state index in [1.807, 2.05) is 0 Å². The molecule has 0 spiro atoms. The summed E-state index contributed by atoms with van der Waals surface area (Å²) in [7, 11) is 0. The average Bonchev–Trinajstić information content (AvgIpc) is 2.89. The van der Waals surface area contributed by atoms with Crippen molar-refractivity contribution in [2.75, 3.05) is 0 Å². The number of ether oxygens (including phenoxy) is 2. The fourth-order valence-corrected chi connectivity index (χ4v) is 1.92. The Morgan fingerprint density at radius 2 is 1.60 bits per heavy atom. The third-order valence-corrected chi connectivity index (χ3v) is 2.73. The quantitative estimate of drug-likeness (QED) is 0.504. The van der Waals surface area contributed by atoms with Crippen molar-refractivity contribution in [3.63, 3.8) is 0 Å². The largest absolute Gasteiger partial charge is 0.456 e. The minimum atomic E-state index is -0.307. The maximum Gasteiger partial charge on any atom is 0.259 e. The van der Waals surface area contributed by atoms with Crippen molar-refractivity contribution in [1.82, 2.24) is 0 Å². The Morgan fingerprint density at radius 1 is 1.07 bits per heavy atom. The molecule has 0 fully saturated rings. The van der Waals surface area contributed by atoms with Gasteiger partial charge in [0.1, 0.15) is 0 Å². The third kappa shape index (κ3) is 2.88. The van der Waals surface area contributed by atoms with Crippen molar-refractivity contribution in [2.45, 2.75) is 44.8 Å². The molecule has 2 rings (SSSR count). The Morgan fingerprint density at radius 3 is 1.93 bits per heavy atom. The van der Waals surface area contributed by atoms with Crippen molar-refractivity contribution in [2.24, 2.45) is 0 Å². The van der Waals surface area contributed by atoms with Crippen molar-refractivity contribution in [3.05, 3.63) is 36.3 Å². The van der Waals surface area contributed by atoms with E-state index < -0.39 is 0 Å². The molecule has 0 N–H and O–H groups in total. The Balaban J connectivity index is 1.83. The molecule has 2 nitrogen and oxygen atoms in total. The molecule has 0 aromatic heterocycles. The van der Waals surface area contributed by atoms with Gasteiger partial charge in [-0.05, 0) is 43.9 Å². The van der Waals surface area contributed by atoms with E-state index in [2.05, 4.69) is 18.7 Å². The highest BCUT2D eigenvalue weighted by atomic mass is 16.7. The zero-order valence-corrected chi connectivity index (χ0v) is 9.08. The highest BCUT2D eigenvalue weighted by molar-refractivity contribution is 5.03. The van der Waals surface area contributed by atoms with E-state index >= 15 is 0 Å². The lowest BCUT2D eigenvalue weighted by molar-refractivity contribution is -0.0532. The second-order valence-corrected chi connectivity index (χ2v) is 3.97. The topological polar surface area (TPSA) is 18.5 Å². The van der Waals surface area contributed by atoms with Crippen molar-refractivity contribution in [1.29, 1.82) is 0 Å². The van der Waals surface area contributed by atoms with Gasteiger partial charge in [0, 0.05) is 12.8 Å². The molecule has 0 atom stereocenters. The smallest absolute Gasteiger partial charge is 0.259 e. The normalized spacial score (nSPS) is 20.1. The average molecular weight is 206 g/mol. The van der Waals surface area contributed by atoms with Crippen LogP contribution in [-0.4, -0.2) is 6.29 Å². The van der Waals surface area contributed by atoms with E-state index in [0.717, 1.165) is 37.2 Å². The van der Waals surface area contributed by atoms with Gasteiger partial charge in [-0.1, -0.05) is 6.58 Å². The molecule has 0 aromatic rings. The van der Waals surface area contributed by atoms with Crippen molar-refractivity contribution >= 4 is 0 Å². The molecular formula is C13H18O2. The van der Waals surface area contributed by atoms with Gasteiger partial charge in [0.05, 0.1) is 11.5 Å². The van der Waals surface area contributed by atoms with Crippen LogP contribution in [0, 0.1) is 0 Å². The third-order valence-electron chi connectivity index (χ3n) is 2.73. The second-order valence-electron chi connectivity index (χ2n) is 3.97. The fourth-order valence-electron chi connectivity index (χ4n) is 1.92. The van der Waals surface area contributed by atoms with Crippen molar-refractivity contribution < 1.29 is 9.47 Å². The van der Waals surface area contributed by atoms with Gasteiger partial charge in [-0.25, -0.2) is 0 Å². The first kappa shape index (κ1) is 10.3. The molecule has 0 aromatic carbocycles. The molecule has 0 amide bonds. The Labute approximate surface area is 91.3 Å². The van der Waals surface area contributed by atoms with Crippen molar-refractivity contribution in [3.8, 4) is 0 Å². The lowest BCUT2D eigenvalue weighted by atomic mass is 10.3. The fraction of sp³-hybridized carbons (Fsp3) is 0.538. The number of hydrogen-bond donors (Lipinski definition) is 0. The number of rotatable bonds is 5. The van der Waals surface area contributed by atoms with Gasteiger partial charge in [0.2, 0.25) is 0 Å². The van der Waals surface area contributed by atoms with Crippen LogP contribution in [0.15, 0.2) is 36.3 Å². The zero-order valence-electron chi connectivity index (χ0n) is 9.08. The van der Waals surface area contributed by atoms with Crippen LogP contribution < -0.4 is 0 Å². The summed E-state index contributed by atoms with van der Waals surface area (Å²) in [5.41, 5.74) is 0. The minimum absolute atomic E-state index is 0.307. The van der Waals surface area contributed by atoms with Gasteiger partial charge >= 0.3 is 0 Å². The van der Waals surface area contributed by atoms with E-state index in [1.165, 1.54) is 12.8 Å². The summed E-state index contributed by atoms with van der Waals surface area (Å²) in [6.07, 6.45) is 12.4. The predicted octanol–water partition coefficient (Wildman–Crippen LogP) is 3.67. The van der Waals surface area contributed by atoms with Gasteiger partial charge in [-0.2, -0.15) is 0 Å². The first-order valence-corrected chi connectivity index (χ1v) is 5.72. The van der Waals surface area contributed by atoms with Gasteiger partial charge < -0.3 is 9.47 Å². The standard InChI is InChI=1S/C13H18O2/c1-2-13(14-11-7-3-4-8-11)15-12-9-5-6-10-12/h2,7,9,13H,1,3-6,8,10H2. The highest BCUT2D eigenvalue weighted by Crippen LogP contribution is 2.24. The lowest BCUT2D eigenvalue weighted by Crippen LogP contribution is -2.12. The molecule has 0 radical (unpaired) electrons. The summed E-state index contributed by atoms with van der Waals surface area (Å²) in [5, 5.41) is 0. The summed E-state index contributed by atoms with van der Waals surface area (Å²) in [6.45, 7) is 3.74. The maximum absolute atomic E-state index is 5.70. The van der Waals surface area contributed by atoms with Crippen LogP contribution in [0.3, 0.4) is 0 Å². The molecule has 0 bridgehead atoms. The summed E-state index contributed by atoms with van der Waals surface area (Å²) >= 11 is 0. The predicted molar refractivity (Wildman–Crippen MR) is 60.0 cm³/mol. The second kappa shape index (κ2) is 5.06. The Kier molecular flexibility index (Phi) is 3.49. The number of allylic oxidation sites excluding steroid dienone is 4. The van der Waals surface area contributed by atoms with Gasteiger partial charge in [-0.3, -0.25) is 0 Å². The molecule has 2 aliphatic carbocycles. The molecule has 0 unspecified atom stereocenters. The van der Waals surface area contributed by atoms with Gasteiger partial charge in [-0.15, -0.1) is 0 Å². The van der Waals surface area contributed by atoms with E-state index in [4.69, 9.17) is 9.47 Å². The van der Waals surface area contributed by atoms with Crippen LogP contribution >= 0.6 is 0 Å². The zero-order chi connectivity index (χ0) is 10.5. The van der Waals surface area contributed by atoms with E-state index in [0.29, 0.717) is 0 Å². The first-order chi connectivity index (χ1) is 7.38. The monoisotopic (exact) mass is 206 g/mol. The van der Waals surface area contributed by atoms with Gasteiger partial charge in [0.25, 0.3) is 6.29 Å². The molecule has 2 aliphatic rings. The molecule has 0 saturated carbocycles. The van der Waals surface area contributed by atoms with E-state index in [-0.39, 0.29) is 6.29 Å². The Bertz CT molecular complexity index is 263.